The van der Waals surface area contributed by atoms with E-state index in [2.05, 4.69) is 4.98 Å². The fraction of sp³-hybridized carbons (Fsp3) is 0.389. The van der Waals surface area contributed by atoms with Crippen LogP contribution in [0.15, 0.2) is 24.3 Å². The van der Waals surface area contributed by atoms with Crippen LogP contribution in [0.1, 0.15) is 26.3 Å². The van der Waals surface area contributed by atoms with E-state index < -0.39 is 4.92 Å². The summed E-state index contributed by atoms with van der Waals surface area (Å²) < 4.78 is 25.2. The number of ether oxygens (including phenoxy) is 2. The smallest absolute Gasteiger partial charge is 0.315 e. The van der Waals surface area contributed by atoms with E-state index >= 15 is 0 Å². The predicted molar refractivity (Wildman–Crippen MR) is 98.6 cm³/mol. The summed E-state index contributed by atoms with van der Waals surface area (Å²) in [6, 6.07) is 5.52. The summed E-state index contributed by atoms with van der Waals surface area (Å²) in [5.41, 5.74) is 6.08. The molecule has 3 rings (SSSR count). The Morgan fingerprint density at radius 2 is 2.22 bits per heavy atom. The van der Waals surface area contributed by atoms with E-state index in [0.717, 1.165) is 0 Å². The average molecular weight is 376 g/mol. The summed E-state index contributed by atoms with van der Waals surface area (Å²) in [6.45, 7) is 6.31. The van der Waals surface area contributed by atoms with Crippen LogP contribution in [0.5, 0.6) is 11.5 Å². The van der Waals surface area contributed by atoms with Gasteiger partial charge in [0.1, 0.15) is 18.2 Å². The monoisotopic (exact) mass is 376 g/mol. The van der Waals surface area contributed by atoms with Crippen molar-refractivity contribution in [1.29, 1.82) is 0 Å². The number of anilines is 2. The lowest BCUT2D eigenvalue weighted by Gasteiger charge is -2.36. The minimum absolute atomic E-state index is 0.0694. The van der Waals surface area contributed by atoms with E-state index in [1.807, 2.05) is 25.7 Å². The lowest BCUT2D eigenvalue weighted by atomic mass is 10.1. The molecular weight excluding hydrogens is 355 g/mol. The molecule has 0 fully saturated rings. The maximum atomic E-state index is 13.8. The Labute approximate surface area is 155 Å². The highest BCUT2D eigenvalue weighted by Crippen LogP contribution is 2.39. The van der Waals surface area contributed by atoms with Gasteiger partial charge in [0.2, 0.25) is 5.82 Å². The standard InChI is InChI=1S/C18H21FN4O4/c1-10(2)27-15-5-4-13(19)6-12(15)8-22-11(3)9-26-16-7-14(23(24)25)17(20)21-18(16)22/h4-7,10-11H,8-9H2,1-3H3,(H2,20,21)/t11-/m1/s1. The highest BCUT2D eigenvalue weighted by Gasteiger charge is 2.30. The summed E-state index contributed by atoms with van der Waals surface area (Å²) in [4.78, 5) is 16.5. The first-order valence-corrected chi connectivity index (χ1v) is 8.55. The second kappa shape index (κ2) is 7.26. The molecule has 1 aromatic heterocycles. The van der Waals surface area contributed by atoms with Crippen molar-refractivity contribution < 1.29 is 18.8 Å². The van der Waals surface area contributed by atoms with Crippen molar-refractivity contribution in [2.75, 3.05) is 17.2 Å². The Hall–Kier alpha value is -3.10. The molecule has 2 N–H and O–H groups in total. The van der Waals surface area contributed by atoms with Crippen molar-refractivity contribution in [3.63, 3.8) is 0 Å². The molecule has 0 spiro atoms. The van der Waals surface area contributed by atoms with E-state index in [0.29, 0.717) is 30.3 Å². The van der Waals surface area contributed by atoms with E-state index in [9.17, 15) is 14.5 Å². The van der Waals surface area contributed by atoms with Gasteiger partial charge < -0.3 is 20.1 Å². The van der Waals surface area contributed by atoms with Gasteiger partial charge >= 0.3 is 5.69 Å². The molecule has 27 heavy (non-hydrogen) atoms. The van der Waals surface area contributed by atoms with Gasteiger partial charge in [-0.1, -0.05) is 0 Å². The molecule has 1 aromatic carbocycles. The van der Waals surface area contributed by atoms with E-state index in [4.69, 9.17) is 15.2 Å². The quantitative estimate of drug-likeness (QED) is 0.631. The molecule has 0 saturated heterocycles. The first kappa shape index (κ1) is 18.7. The Kier molecular flexibility index (Phi) is 5.02. The summed E-state index contributed by atoms with van der Waals surface area (Å²) in [5.74, 6) is 0.660. The van der Waals surface area contributed by atoms with Crippen LogP contribution >= 0.6 is 0 Å². The molecular formula is C18H21FN4O4. The lowest BCUT2D eigenvalue weighted by Crippen LogP contribution is -2.41. The number of halogens is 1. The van der Waals surface area contributed by atoms with Crippen molar-refractivity contribution >= 4 is 17.3 Å². The zero-order chi connectivity index (χ0) is 19.7. The number of pyridine rings is 1. The number of fused-ring (bicyclic) bond motifs is 1. The maximum Gasteiger partial charge on any atom is 0.315 e. The molecule has 0 amide bonds. The van der Waals surface area contributed by atoms with Gasteiger partial charge in [0.05, 0.1) is 23.1 Å². The van der Waals surface area contributed by atoms with Crippen LogP contribution in [0.25, 0.3) is 0 Å². The van der Waals surface area contributed by atoms with Crippen LogP contribution in [-0.2, 0) is 6.54 Å². The molecule has 144 valence electrons. The molecule has 0 saturated carbocycles. The Bertz CT molecular complexity index is 875. The minimum Gasteiger partial charge on any atom is -0.491 e. The molecule has 1 atom stereocenters. The molecule has 0 aliphatic carbocycles. The number of nitrogen functional groups attached to an aromatic ring is 1. The van der Waals surface area contributed by atoms with Crippen LogP contribution in [0.4, 0.5) is 21.7 Å². The third-order valence-corrected chi connectivity index (χ3v) is 4.18. The third-order valence-electron chi connectivity index (χ3n) is 4.18. The molecule has 0 bridgehead atoms. The maximum absolute atomic E-state index is 13.8. The van der Waals surface area contributed by atoms with Crippen LogP contribution in [0.3, 0.4) is 0 Å². The van der Waals surface area contributed by atoms with Gasteiger partial charge in [0, 0.05) is 12.1 Å². The molecule has 9 heteroatoms. The first-order chi connectivity index (χ1) is 12.8. The largest absolute Gasteiger partial charge is 0.491 e. The topological polar surface area (TPSA) is 104 Å². The SMILES string of the molecule is CC(C)Oc1ccc(F)cc1CN1c2nc(N)c([N+](=O)[O-])cc2OC[C@H]1C. The third kappa shape index (κ3) is 3.86. The molecule has 2 heterocycles. The highest BCUT2D eigenvalue weighted by atomic mass is 19.1. The van der Waals surface area contributed by atoms with E-state index in [-0.39, 0.29) is 35.2 Å². The lowest BCUT2D eigenvalue weighted by molar-refractivity contribution is -0.384. The molecule has 2 aromatic rings. The second-order valence-electron chi connectivity index (χ2n) is 6.68. The summed E-state index contributed by atoms with van der Waals surface area (Å²) in [6.07, 6.45) is -0.0694. The fourth-order valence-electron chi connectivity index (χ4n) is 2.91. The van der Waals surface area contributed by atoms with Gasteiger partial charge in [-0.3, -0.25) is 10.1 Å². The van der Waals surface area contributed by atoms with Gasteiger partial charge in [0.15, 0.2) is 11.6 Å². The number of nitrogens with two attached hydrogens (primary N) is 1. The summed E-state index contributed by atoms with van der Waals surface area (Å²) in [5, 5.41) is 11.1. The summed E-state index contributed by atoms with van der Waals surface area (Å²) in [7, 11) is 0. The molecule has 1 aliphatic heterocycles. The molecule has 1 aliphatic rings. The van der Waals surface area contributed by atoms with E-state index in [1.54, 1.807) is 6.07 Å². The molecule has 0 radical (unpaired) electrons. The van der Waals surface area contributed by atoms with Gasteiger partial charge in [-0.15, -0.1) is 0 Å². The molecule has 8 nitrogen and oxygen atoms in total. The van der Waals surface area contributed by atoms with Crippen LogP contribution in [0, 0.1) is 15.9 Å². The Balaban J connectivity index is 2.00. The number of benzene rings is 1. The number of nitrogens with zero attached hydrogens (tertiary/aromatic N) is 3. The zero-order valence-corrected chi connectivity index (χ0v) is 15.3. The number of hydrogen-bond donors (Lipinski definition) is 1. The number of aromatic nitrogens is 1. The van der Waals surface area contributed by atoms with Crippen molar-refractivity contribution in [2.24, 2.45) is 0 Å². The Morgan fingerprint density at radius 1 is 1.48 bits per heavy atom. The van der Waals surface area contributed by atoms with Gasteiger partial charge in [0.25, 0.3) is 0 Å². The molecule has 0 unspecified atom stereocenters. The Morgan fingerprint density at radius 3 is 2.89 bits per heavy atom. The van der Waals surface area contributed by atoms with Crippen LogP contribution < -0.4 is 20.1 Å². The van der Waals surface area contributed by atoms with E-state index in [1.165, 1.54) is 18.2 Å². The number of hydrogen-bond acceptors (Lipinski definition) is 7. The van der Waals surface area contributed by atoms with Crippen LogP contribution in [-0.4, -0.2) is 28.7 Å². The predicted octanol–water partition coefficient (Wildman–Crippen LogP) is 3.29. The first-order valence-electron chi connectivity index (χ1n) is 8.55. The fourth-order valence-corrected chi connectivity index (χ4v) is 2.91. The van der Waals surface area contributed by atoms with Crippen molar-refractivity contribution in [3.05, 3.63) is 45.8 Å². The minimum atomic E-state index is -0.602. The van der Waals surface area contributed by atoms with Crippen molar-refractivity contribution in [1.82, 2.24) is 4.98 Å². The summed E-state index contributed by atoms with van der Waals surface area (Å²) >= 11 is 0. The van der Waals surface area contributed by atoms with Gasteiger partial charge in [-0.25, -0.2) is 9.37 Å². The van der Waals surface area contributed by atoms with Gasteiger partial charge in [-0.2, -0.15) is 0 Å². The normalized spacial score (nSPS) is 16.0. The second-order valence-corrected chi connectivity index (χ2v) is 6.68. The number of rotatable bonds is 5. The number of nitro groups is 1. The van der Waals surface area contributed by atoms with Crippen LogP contribution in [0.2, 0.25) is 0 Å². The van der Waals surface area contributed by atoms with Crippen molar-refractivity contribution in [2.45, 2.75) is 39.5 Å². The zero-order valence-electron chi connectivity index (χ0n) is 15.3. The highest BCUT2D eigenvalue weighted by molar-refractivity contribution is 5.67. The van der Waals surface area contributed by atoms with Gasteiger partial charge in [-0.05, 0) is 39.0 Å². The average Bonchev–Trinajstić information content (AvgIpc) is 2.59. The van der Waals surface area contributed by atoms with Crippen molar-refractivity contribution in [3.8, 4) is 11.5 Å².